The number of ether oxygens (including phenoxy) is 1. The lowest BCUT2D eigenvalue weighted by atomic mass is 9.99. The van der Waals surface area contributed by atoms with Crippen LogP contribution in [0.5, 0.6) is 6.01 Å². The van der Waals surface area contributed by atoms with Gasteiger partial charge in [-0.15, -0.1) is 0 Å². The smallest absolute Gasteiger partial charge is 0.316 e. The van der Waals surface area contributed by atoms with E-state index in [4.69, 9.17) is 21.7 Å². The van der Waals surface area contributed by atoms with Gasteiger partial charge in [-0.3, -0.25) is 14.5 Å². The Morgan fingerprint density at radius 1 is 1.18 bits per heavy atom. The molecule has 1 atom stereocenters. The van der Waals surface area contributed by atoms with Crippen LogP contribution in [-0.2, 0) is 11.8 Å². The van der Waals surface area contributed by atoms with E-state index in [2.05, 4.69) is 15.3 Å². The summed E-state index contributed by atoms with van der Waals surface area (Å²) >= 11 is 6.07. The molecule has 3 aromatic rings. The largest absolute Gasteiger partial charge is 0.467 e. The number of carbonyl (C=O) groups is 1. The third-order valence-electron chi connectivity index (χ3n) is 5.56. The summed E-state index contributed by atoms with van der Waals surface area (Å²) in [7, 11) is 3.11. The maximum atomic E-state index is 13.7. The van der Waals surface area contributed by atoms with Gasteiger partial charge >= 0.3 is 6.01 Å². The molecule has 0 bridgehead atoms. The van der Waals surface area contributed by atoms with Gasteiger partial charge in [-0.25, -0.2) is 9.97 Å². The van der Waals surface area contributed by atoms with Gasteiger partial charge in [0.2, 0.25) is 0 Å². The molecule has 0 radical (unpaired) electrons. The fourth-order valence-electron chi connectivity index (χ4n) is 3.96. The Bertz CT molecular complexity index is 1340. The van der Waals surface area contributed by atoms with E-state index in [0.29, 0.717) is 27.7 Å². The molecule has 2 N–H and O–H groups in total. The summed E-state index contributed by atoms with van der Waals surface area (Å²) in [5, 5.41) is 12.6. The quantitative estimate of drug-likeness (QED) is 0.541. The second-order valence-electron chi connectivity index (χ2n) is 7.92. The van der Waals surface area contributed by atoms with E-state index in [1.165, 1.54) is 29.0 Å². The number of aromatic nitrogens is 3. The molecule has 1 unspecified atom stereocenters. The summed E-state index contributed by atoms with van der Waals surface area (Å²) in [5.74, 6) is -0.359. The van der Waals surface area contributed by atoms with Crippen molar-refractivity contribution in [3.05, 3.63) is 86.7 Å². The highest BCUT2D eigenvalue weighted by Crippen LogP contribution is 2.39. The highest BCUT2D eigenvalue weighted by atomic mass is 35.5. The lowest BCUT2D eigenvalue weighted by molar-refractivity contribution is -0.114. The van der Waals surface area contributed by atoms with Crippen LogP contribution in [0.3, 0.4) is 0 Å². The number of hydrogen-bond donors (Lipinski definition) is 2. The fourth-order valence-corrected chi connectivity index (χ4v) is 4.09. The maximum Gasteiger partial charge on any atom is 0.316 e. The molecule has 4 rings (SSSR count). The molecule has 0 aliphatic carbocycles. The van der Waals surface area contributed by atoms with Crippen LogP contribution in [-0.4, -0.2) is 33.3 Å². The topological polar surface area (TPSA) is 113 Å². The highest BCUT2D eigenvalue weighted by molar-refractivity contribution is 6.35. The molecule has 1 aliphatic rings. The normalized spacial score (nSPS) is 17.2. The van der Waals surface area contributed by atoms with Crippen molar-refractivity contribution in [2.75, 3.05) is 17.3 Å². The summed E-state index contributed by atoms with van der Waals surface area (Å²) in [4.78, 5) is 35.6. The molecule has 1 fully saturated rings. The molecule has 0 spiro atoms. The summed E-state index contributed by atoms with van der Waals surface area (Å²) in [6.07, 6.45) is 4.67. The van der Waals surface area contributed by atoms with Gasteiger partial charge < -0.3 is 20.0 Å². The monoisotopic (exact) mass is 478 g/mol. The highest BCUT2D eigenvalue weighted by Gasteiger charge is 2.43. The third-order valence-corrected chi connectivity index (χ3v) is 5.82. The maximum absolute atomic E-state index is 13.7. The van der Waals surface area contributed by atoms with E-state index in [1.807, 2.05) is 0 Å². The lowest BCUT2D eigenvalue weighted by Gasteiger charge is -2.25. The second kappa shape index (κ2) is 9.11. The Labute approximate surface area is 201 Å². The number of allylic oxidation sites excluding steroid dienone is 1. The van der Waals surface area contributed by atoms with Gasteiger partial charge in [-0.2, -0.15) is 0 Å². The Balaban J connectivity index is 1.82. The Kier molecular flexibility index (Phi) is 6.21. The molecule has 0 saturated carbocycles. The first kappa shape index (κ1) is 23.2. The van der Waals surface area contributed by atoms with Crippen molar-refractivity contribution in [1.29, 1.82) is 5.41 Å². The number of rotatable bonds is 5. The van der Waals surface area contributed by atoms with Gasteiger partial charge in [-0.1, -0.05) is 23.7 Å². The van der Waals surface area contributed by atoms with Crippen molar-refractivity contribution in [3.8, 4) is 6.01 Å². The SMILES string of the molecule is COc1ncc(N/C(C)=C2\C(=N)C(c3ccc(Cl)cc3)N(c3cc(C)c(=O)n(C)c3)C2=O)cn1. The number of hydrogen-bond acceptors (Lipinski definition) is 7. The van der Waals surface area contributed by atoms with Gasteiger partial charge in [0.25, 0.3) is 11.5 Å². The summed E-state index contributed by atoms with van der Waals surface area (Å²) < 4.78 is 6.41. The van der Waals surface area contributed by atoms with Crippen molar-refractivity contribution in [2.24, 2.45) is 7.05 Å². The fraction of sp³-hybridized carbons (Fsp3) is 0.208. The molecule has 1 amide bonds. The number of nitrogens with one attached hydrogen (secondary N) is 2. The number of amides is 1. The van der Waals surface area contributed by atoms with Crippen LogP contribution in [0, 0.1) is 12.3 Å². The molecule has 10 heteroatoms. The predicted molar refractivity (Wildman–Crippen MR) is 131 cm³/mol. The molecular formula is C24H23ClN6O3. The average molecular weight is 479 g/mol. The van der Waals surface area contributed by atoms with Crippen molar-refractivity contribution >= 4 is 34.6 Å². The average Bonchev–Trinajstić information content (AvgIpc) is 3.08. The molecule has 174 valence electrons. The first-order valence-electron chi connectivity index (χ1n) is 10.4. The Morgan fingerprint density at radius 3 is 2.41 bits per heavy atom. The van der Waals surface area contributed by atoms with Crippen LogP contribution >= 0.6 is 11.6 Å². The van der Waals surface area contributed by atoms with Gasteiger partial charge in [0.15, 0.2) is 0 Å². The number of carbonyl (C=O) groups excluding carboxylic acids is 1. The first-order valence-corrected chi connectivity index (χ1v) is 10.8. The number of halogens is 1. The molecule has 34 heavy (non-hydrogen) atoms. The van der Waals surface area contributed by atoms with E-state index in [1.54, 1.807) is 57.4 Å². The summed E-state index contributed by atoms with van der Waals surface area (Å²) in [6, 6.07) is 8.22. The Morgan fingerprint density at radius 2 is 1.82 bits per heavy atom. The number of benzene rings is 1. The number of pyridine rings is 1. The zero-order chi connectivity index (χ0) is 24.6. The minimum Gasteiger partial charge on any atom is -0.467 e. The van der Waals surface area contributed by atoms with Gasteiger partial charge in [0.1, 0.15) is 6.04 Å². The predicted octanol–water partition coefficient (Wildman–Crippen LogP) is 3.64. The molecule has 3 heterocycles. The zero-order valence-corrected chi connectivity index (χ0v) is 19.8. The van der Waals surface area contributed by atoms with E-state index in [0.717, 1.165) is 5.56 Å². The standard InChI is InChI=1S/C24H23ClN6O3/c1-13-9-18(12-30(3)22(13)32)31-21(15-5-7-16(25)8-6-15)20(26)19(23(31)33)14(2)29-17-10-27-24(34-4)28-11-17/h5-12,21,26,29H,1-4H3/b19-14+,26-20?. The van der Waals surface area contributed by atoms with Gasteiger partial charge in [0, 0.05) is 29.5 Å². The molecule has 1 saturated heterocycles. The van der Waals surface area contributed by atoms with Crippen molar-refractivity contribution in [2.45, 2.75) is 19.9 Å². The minimum atomic E-state index is -0.694. The number of anilines is 2. The van der Waals surface area contributed by atoms with Crippen LogP contribution in [0.15, 0.2) is 65.0 Å². The van der Waals surface area contributed by atoms with Crippen LogP contribution < -0.4 is 20.5 Å². The zero-order valence-electron chi connectivity index (χ0n) is 19.1. The summed E-state index contributed by atoms with van der Waals surface area (Å²) in [6.45, 7) is 3.42. The minimum absolute atomic E-state index is 0.123. The number of nitrogens with zero attached hydrogens (tertiary/aromatic N) is 4. The van der Waals surface area contributed by atoms with Crippen molar-refractivity contribution in [1.82, 2.24) is 14.5 Å². The summed E-state index contributed by atoms with van der Waals surface area (Å²) in [5.41, 5.74) is 2.96. The van der Waals surface area contributed by atoms with Gasteiger partial charge in [0.05, 0.1) is 42.2 Å². The van der Waals surface area contributed by atoms with Crippen molar-refractivity contribution < 1.29 is 9.53 Å². The molecular weight excluding hydrogens is 456 g/mol. The third kappa shape index (κ3) is 4.17. The Hall–Kier alpha value is -3.98. The van der Waals surface area contributed by atoms with Crippen LogP contribution in [0.4, 0.5) is 11.4 Å². The van der Waals surface area contributed by atoms with Crippen LogP contribution in [0.1, 0.15) is 24.1 Å². The second-order valence-corrected chi connectivity index (χ2v) is 8.36. The molecule has 9 nitrogen and oxygen atoms in total. The first-order chi connectivity index (χ1) is 16.2. The van der Waals surface area contributed by atoms with Crippen LogP contribution in [0.2, 0.25) is 5.02 Å². The molecule has 1 aromatic carbocycles. The van der Waals surface area contributed by atoms with E-state index < -0.39 is 6.04 Å². The molecule has 1 aliphatic heterocycles. The van der Waals surface area contributed by atoms with Gasteiger partial charge in [-0.05, 0) is 37.6 Å². The van der Waals surface area contributed by atoms with E-state index in [-0.39, 0.29) is 28.8 Å². The van der Waals surface area contributed by atoms with Crippen LogP contribution in [0.25, 0.3) is 0 Å². The van der Waals surface area contributed by atoms with E-state index in [9.17, 15) is 9.59 Å². The lowest BCUT2D eigenvalue weighted by Crippen LogP contribution is -2.31. The number of methoxy groups -OCH3 is 1. The number of aryl methyl sites for hydroxylation is 2. The molecule has 2 aromatic heterocycles. The van der Waals surface area contributed by atoms with E-state index >= 15 is 0 Å². The van der Waals surface area contributed by atoms with Crippen molar-refractivity contribution in [3.63, 3.8) is 0 Å².